The van der Waals surface area contributed by atoms with Crippen LogP contribution in [0, 0.1) is 6.92 Å². The summed E-state index contributed by atoms with van der Waals surface area (Å²) in [6.45, 7) is 2.13. The Labute approximate surface area is 144 Å². The highest BCUT2D eigenvalue weighted by Crippen LogP contribution is 2.30. The molecule has 0 fully saturated rings. The molecule has 0 radical (unpaired) electrons. The maximum atomic E-state index is 4.79. The molecule has 2 heterocycles. The normalized spacial score (nSPS) is 11.4. The number of imidazole rings is 1. The number of aromatic amines is 2. The van der Waals surface area contributed by atoms with Crippen molar-refractivity contribution in [3.63, 3.8) is 0 Å². The molecule has 0 aliphatic carbocycles. The Morgan fingerprint density at radius 2 is 1.64 bits per heavy atom. The smallest absolute Gasteiger partial charge is 0.159 e. The third-order valence-electron chi connectivity index (χ3n) is 4.61. The fourth-order valence-corrected chi connectivity index (χ4v) is 3.35. The van der Waals surface area contributed by atoms with E-state index in [9.17, 15) is 0 Å². The number of rotatable bonds is 2. The molecule has 2 N–H and O–H groups in total. The number of nitrogens with one attached hydrogen (secondary N) is 2. The van der Waals surface area contributed by atoms with Crippen LogP contribution in [0.15, 0.2) is 66.7 Å². The molecule has 0 saturated carbocycles. The fourth-order valence-electron chi connectivity index (χ4n) is 3.35. The Kier molecular flexibility index (Phi) is 2.97. The van der Waals surface area contributed by atoms with Crippen LogP contribution < -0.4 is 0 Å². The number of H-pyrrole nitrogens is 2. The number of aryl methyl sites for hydroxylation is 1. The van der Waals surface area contributed by atoms with Crippen molar-refractivity contribution in [1.29, 1.82) is 0 Å². The monoisotopic (exact) mass is 324 g/mol. The highest BCUT2D eigenvalue weighted by atomic mass is 15.1. The van der Waals surface area contributed by atoms with Crippen LogP contribution in [0.3, 0.4) is 0 Å². The maximum Gasteiger partial charge on any atom is 0.159 e. The van der Waals surface area contributed by atoms with Gasteiger partial charge in [0.15, 0.2) is 5.82 Å². The Balaban J connectivity index is 1.70. The van der Waals surface area contributed by atoms with Crippen LogP contribution in [-0.2, 0) is 0 Å². The minimum Gasteiger partial charge on any atom is -0.337 e. The Morgan fingerprint density at radius 1 is 0.840 bits per heavy atom. The third kappa shape index (κ3) is 2.22. The second kappa shape index (κ2) is 5.31. The lowest BCUT2D eigenvalue weighted by molar-refractivity contribution is 1.11. The minimum absolute atomic E-state index is 0.789. The van der Waals surface area contributed by atoms with Crippen LogP contribution in [0.1, 0.15) is 5.56 Å². The molecule has 0 unspecified atom stereocenters. The van der Waals surface area contributed by atoms with Crippen LogP contribution in [0.5, 0.6) is 0 Å². The predicted molar refractivity (Wildman–Crippen MR) is 101 cm³/mol. The molecule has 0 bridgehead atoms. The number of para-hydroxylation sites is 1. The maximum absolute atomic E-state index is 4.79. The van der Waals surface area contributed by atoms with Gasteiger partial charge in [0.25, 0.3) is 0 Å². The van der Waals surface area contributed by atoms with Gasteiger partial charge in [-0.25, -0.2) is 4.98 Å². The van der Waals surface area contributed by atoms with Crippen molar-refractivity contribution >= 4 is 21.9 Å². The summed E-state index contributed by atoms with van der Waals surface area (Å²) in [7, 11) is 0. The summed E-state index contributed by atoms with van der Waals surface area (Å²) in [6, 6.07) is 22.8. The quantitative estimate of drug-likeness (QED) is 0.475. The van der Waals surface area contributed by atoms with Gasteiger partial charge in [-0.2, -0.15) is 5.10 Å². The van der Waals surface area contributed by atoms with E-state index in [1.165, 1.54) is 16.7 Å². The molecule has 25 heavy (non-hydrogen) atoms. The first kappa shape index (κ1) is 14.0. The van der Waals surface area contributed by atoms with E-state index in [1.807, 2.05) is 24.3 Å². The third-order valence-corrected chi connectivity index (χ3v) is 4.61. The van der Waals surface area contributed by atoms with Gasteiger partial charge in [-0.05, 0) is 41.8 Å². The van der Waals surface area contributed by atoms with E-state index in [0.29, 0.717) is 0 Å². The van der Waals surface area contributed by atoms with Gasteiger partial charge in [0.2, 0.25) is 0 Å². The van der Waals surface area contributed by atoms with E-state index >= 15 is 0 Å². The summed E-state index contributed by atoms with van der Waals surface area (Å²) >= 11 is 0. The molecule has 0 atom stereocenters. The van der Waals surface area contributed by atoms with E-state index in [4.69, 9.17) is 4.98 Å². The average molecular weight is 324 g/mol. The number of hydrogen-bond donors (Lipinski definition) is 2. The van der Waals surface area contributed by atoms with Gasteiger partial charge in [0, 0.05) is 5.39 Å². The zero-order chi connectivity index (χ0) is 16.8. The highest BCUT2D eigenvalue weighted by molar-refractivity contribution is 5.93. The summed E-state index contributed by atoms with van der Waals surface area (Å²) in [5.41, 5.74) is 7.48. The van der Waals surface area contributed by atoms with Crippen LogP contribution in [-0.4, -0.2) is 20.2 Å². The Morgan fingerprint density at radius 3 is 2.52 bits per heavy atom. The van der Waals surface area contributed by atoms with Gasteiger partial charge in [0.1, 0.15) is 5.69 Å². The lowest BCUT2D eigenvalue weighted by Crippen LogP contribution is -1.83. The molecule has 0 spiro atoms. The number of benzene rings is 3. The van der Waals surface area contributed by atoms with E-state index in [-0.39, 0.29) is 0 Å². The van der Waals surface area contributed by atoms with Crippen LogP contribution in [0.4, 0.5) is 0 Å². The van der Waals surface area contributed by atoms with Crippen LogP contribution in [0.25, 0.3) is 44.6 Å². The van der Waals surface area contributed by atoms with Crippen molar-refractivity contribution in [1.82, 2.24) is 20.2 Å². The molecule has 120 valence electrons. The number of hydrogen-bond acceptors (Lipinski definition) is 2. The van der Waals surface area contributed by atoms with Gasteiger partial charge in [-0.1, -0.05) is 48.5 Å². The second-order valence-corrected chi connectivity index (χ2v) is 6.25. The molecule has 0 saturated heterocycles. The van der Waals surface area contributed by atoms with Crippen molar-refractivity contribution in [3.8, 4) is 22.6 Å². The van der Waals surface area contributed by atoms with Crippen molar-refractivity contribution in [2.75, 3.05) is 0 Å². The zero-order valence-electron chi connectivity index (χ0n) is 13.7. The first-order valence-corrected chi connectivity index (χ1v) is 8.29. The first-order valence-electron chi connectivity index (χ1n) is 8.29. The van der Waals surface area contributed by atoms with E-state index in [0.717, 1.165) is 33.5 Å². The Hall–Kier alpha value is -3.40. The summed E-state index contributed by atoms with van der Waals surface area (Å²) < 4.78 is 0. The molecule has 4 heteroatoms. The molecular weight excluding hydrogens is 308 g/mol. The van der Waals surface area contributed by atoms with E-state index in [2.05, 4.69) is 64.6 Å². The van der Waals surface area contributed by atoms with Gasteiger partial charge in [-0.15, -0.1) is 0 Å². The highest BCUT2D eigenvalue weighted by Gasteiger charge is 2.13. The van der Waals surface area contributed by atoms with Gasteiger partial charge >= 0.3 is 0 Å². The van der Waals surface area contributed by atoms with Gasteiger partial charge in [0.05, 0.1) is 16.6 Å². The molecule has 5 rings (SSSR count). The van der Waals surface area contributed by atoms with Crippen LogP contribution >= 0.6 is 0 Å². The van der Waals surface area contributed by atoms with Gasteiger partial charge in [-0.3, -0.25) is 5.10 Å². The van der Waals surface area contributed by atoms with Crippen molar-refractivity contribution in [2.45, 2.75) is 6.92 Å². The molecule has 4 nitrogen and oxygen atoms in total. The lowest BCUT2D eigenvalue weighted by atomic mass is 10.00. The van der Waals surface area contributed by atoms with E-state index in [1.54, 1.807) is 0 Å². The first-order chi connectivity index (χ1) is 12.3. The fraction of sp³-hybridized carbons (Fsp3) is 0.0476. The minimum atomic E-state index is 0.789. The van der Waals surface area contributed by atoms with E-state index < -0.39 is 0 Å². The molecule has 3 aromatic carbocycles. The standard InChI is InChI=1S/C21H16N4/c1-13-11-18-19(12-16(13)14-7-3-2-4-8-14)23-21(22-18)20-15-9-5-6-10-17(15)24-25-20/h2-12H,1H3,(H,22,23)(H,24,25). The number of aromatic nitrogens is 4. The summed E-state index contributed by atoms with van der Waals surface area (Å²) in [5.74, 6) is 0.789. The van der Waals surface area contributed by atoms with Crippen molar-refractivity contribution in [3.05, 3.63) is 72.3 Å². The molecule has 0 aliphatic heterocycles. The molecule has 2 aromatic heterocycles. The molecule has 0 amide bonds. The zero-order valence-corrected chi connectivity index (χ0v) is 13.7. The summed E-state index contributed by atoms with van der Waals surface area (Å²) in [5, 5.41) is 8.59. The molecule has 5 aromatic rings. The topological polar surface area (TPSA) is 57.4 Å². The summed E-state index contributed by atoms with van der Waals surface area (Å²) in [6.07, 6.45) is 0. The largest absolute Gasteiger partial charge is 0.337 e. The number of fused-ring (bicyclic) bond motifs is 2. The average Bonchev–Trinajstić information content (AvgIpc) is 3.25. The number of nitrogens with zero attached hydrogens (tertiary/aromatic N) is 2. The lowest BCUT2D eigenvalue weighted by Gasteiger charge is -2.05. The molecular formula is C21H16N4. The predicted octanol–water partition coefficient (Wildman–Crippen LogP) is 5.08. The van der Waals surface area contributed by atoms with Crippen LogP contribution in [0.2, 0.25) is 0 Å². The second-order valence-electron chi connectivity index (χ2n) is 6.25. The molecule has 0 aliphatic rings. The van der Waals surface area contributed by atoms with Crippen molar-refractivity contribution < 1.29 is 0 Å². The summed E-state index contributed by atoms with van der Waals surface area (Å²) in [4.78, 5) is 8.21. The van der Waals surface area contributed by atoms with Crippen molar-refractivity contribution in [2.24, 2.45) is 0 Å². The SMILES string of the molecule is Cc1cc2[nH]c(-c3n[nH]c4ccccc34)nc2cc1-c1ccccc1. The Bertz CT molecular complexity index is 1200. The van der Waals surface area contributed by atoms with Gasteiger partial charge < -0.3 is 4.98 Å².